The molecular formula is C30H58O2. The largest absolute Gasteiger partial charge is 0.466 e. The summed E-state index contributed by atoms with van der Waals surface area (Å²) < 4.78 is 5.39. The minimum Gasteiger partial charge on any atom is -0.466 e. The molecule has 32 heavy (non-hydrogen) atoms. The molecule has 0 unspecified atom stereocenters. The second-order valence-electron chi connectivity index (χ2n) is 9.74. The second kappa shape index (κ2) is 28.2. The normalized spacial score (nSPS) is 11.4. The summed E-state index contributed by atoms with van der Waals surface area (Å²) in [4.78, 5) is 11.8. The second-order valence-corrected chi connectivity index (χ2v) is 9.74. The molecule has 0 spiro atoms. The standard InChI is InChI=1S/C30H58O2/c1-3-5-7-9-11-13-14-15-16-17-18-19-21-23-25-27-29-32-30(31)28-26-24-22-20-12-10-8-6-4-2/h15-16H,3-14,17-29H2,1-2H3/b16-15+. The summed E-state index contributed by atoms with van der Waals surface area (Å²) >= 11 is 0. The molecule has 0 saturated carbocycles. The van der Waals surface area contributed by atoms with E-state index < -0.39 is 0 Å². The number of unbranched alkanes of at least 4 members (excludes halogenated alkanes) is 20. The third kappa shape index (κ3) is 27.2. The molecular weight excluding hydrogens is 392 g/mol. The predicted molar refractivity (Wildman–Crippen MR) is 142 cm³/mol. The smallest absolute Gasteiger partial charge is 0.305 e. The minimum absolute atomic E-state index is 0.0145. The monoisotopic (exact) mass is 450 g/mol. The van der Waals surface area contributed by atoms with Gasteiger partial charge in [0.15, 0.2) is 0 Å². The lowest BCUT2D eigenvalue weighted by atomic mass is 10.1. The van der Waals surface area contributed by atoms with Gasteiger partial charge in [-0.15, -0.1) is 0 Å². The SMILES string of the molecule is CCCCCCCC/C=C/CCCCCCCCOC(=O)CCCCCCCCCCC. The Morgan fingerprint density at radius 3 is 1.34 bits per heavy atom. The molecule has 0 aliphatic carbocycles. The summed E-state index contributed by atoms with van der Waals surface area (Å²) in [5, 5.41) is 0. The van der Waals surface area contributed by atoms with Gasteiger partial charge in [-0.3, -0.25) is 4.79 Å². The first-order valence-electron chi connectivity index (χ1n) is 14.6. The van der Waals surface area contributed by atoms with Crippen molar-refractivity contribution in [2.75, 3.05) is 6.61 Å². The topological polar surface area (TPSA) is 26.3 Å². The molecule has 0 fully saturated rings. The highest BCUT2D eigenvalue weighted by molar-refractivity contribution is 5.69. The van der Waals surface area contributed by atoms with Crippen molar-refractivity contribution in [1.29, 1.82) is 0 Å². The molecule has 0 rings (SSSR count). The third-order valence-corrected chi connectivity index (χ3v) is 6.40. The van der Waals surface area contributed by atoms with Gasteiger partial charge < -0.3 is 4.74 Å². The lowest BCUT2D eigenvalue weighted by molar-refractivity contribution is -0.143. The van der Waals surface area contributed by atoms with Gasteiger partial charge in [0, 0.05) is 6.42 Å². The van der Waals surface area contributed by atoms with Gasteiger partial charge >= 0.3 is 5.97 Å². The lowest BCUT2D eigenvalue weighted by Crippen LogP contribution is -2.05. The van der Waals surface area contributed by atoms with Crippen molar-refractivity contribution >= 4 is 5.97 Å². The molecule has 0 aromatic carbocycles. The van der Waals surface area contributed by atoms with Gasteiger partial charge in [-0.2, -0.15) is 0 Å². The van der Waals surface area contributed by atoms with Crippen LogP contribution in [0.3, 0.4) is 0 Å². The molecule has 2 nitrogen and oxygen atoms in total. The van der Waals surface area contributed by atoms with E-state index in [1.165, 1.54) is 135 Å². The fourth-order valence-electron chi connectivity index (χ4n) is 4.19. The highest BCUT2D eigenvalue weighted by Gasteiger charge is 2.02. The van der Waals surface area contributed by atoms with Gasteiger partial charge in [0.05, 0.1) is 6.61 Å². The van der Waals surface area contributed by atoms with Crippen LogP contribution >= 0.6 is 0 Å². The molecule has 0 radical (unpaired) electrons. The summed E-state index contributed by atoms with van der Waals surface area (Å²) in [7, 11) is 0. The van der Waals surface area contributed by atoms with E-state index in [-0.39, 0.29) is 5.97 Å². The average Bonchev–Trinajstić information content (AvgIpc) is 2.80. The number of hydrogen-bond acceptors (Lipinski definition) is 2. The van der Waals surface area contributed by atoms with E-state index in [0.717, 1.165) is 12.8 Å². The van der Waals surface area contributed by atoms with E-state index in [1.807, 2.05) is 0 Å². The van der Waals surface area contributed by atoms with Crippen LogP contribution in [0.15, 0.2) is 12.2 Å². The van der Waals surface area contributed by atoms with E-state index in [0.29, 0.717) is 13.0 Å². The Hall–Kier alpha value is -0.790. The molecule has 0 atom stereocenters. The zero-order chi connectivity index (χ0) is 23.4. The molecule has 0 amide bonds. The maximum absolute atomic E-state index is 11.8. The van der Waals surface area contributed by atoms with Crippen LogP contribution in [0.5, 0.6) is 0 Å². The number of allylic oxidation sites excluding steroid dienone is 2. The van der Waals surface area contributed by atoms with Gasteiger partial charge in [-0.05, 0) is 38.5 Å². The summed E-state index contributed by atoms with van der Waals surface area (Å²) in [6.07, 6.45) is 35.3. The minimum atomic E-state index is 0.0145. The van der Waals surface area contributed by atoms with Crippen molar-refractivity contribution in [3.8, 4) is 0 Å². The number of ether oxygens (including phenoxy) is 1. The highest BCUT2D eigenvalue weighted by atomic mass is 16.5. The summed E-state index contributed by atoms with van der Waals surface area (Å²) in [5.74, 6) is 0.0145. The van der Waals surface area contributed by atoms with Gasteiger partial charge in [0.25, 0.3) is 0 Å². The van der Waals surface area contributed by atoms with Crippen molar-refractivity contribution in [2.45, 2.75) is 168 Å². The number of carbonyl (C=O) groups is 1. The molecule has 0 aliphatic heterocycles. The van der Waals surface area contributed by atoms with Crippen LogP contribution in [0, 0.1) is 0 Å². The molecule has 0 heterocycles. The number of rotatable bonds is 26. The summed E-state index contributed by atoms with van der Waals surface area (Å²) in [5.41, 5.74) is 0. The number of esters is 1. The Bertz CT molecular complexity index is 388. The zero-order valence-electron chi connectivity index (χ0n) is 22.1. The number of hydrogen-bond donors (Lipinski definition) is 0. The Balaban J connectivity index is 3.18. The molecule has 0 bridgehead atoms. The zero-order valence-corrected chi connectivity index (χ0v) is 22.1. The molecule has 190 valence electrons. The van der Waals surface area contributed by atoms with Crippen molar-refractivity contribution in [3.05, 3.63) is 12.2 Å². The van der Waals surface area contributed by atoms with Crippen LogP contribution in [0.4, 0.5) is 0 Å². The van der Waals surface area contributed by atoms with Gasteiger partial charge in [0.2, 0.25) is 0 Å². The van der Waals surface area contributed by atoms with Crippen LogP contribution < -0.4 is 0 Å². The lowest BCUT2D eigenvalue weighted by Gasteiger charge is -2.05. The number of carbonyl (C=O) groups excluding carboxylic acids is 1. The van der Waals surface area contributed by atoms with E-state index in [1.54, 1.807) is 0 Å². The van der Waals surface area contributed by atoms with E-state index in [2.05, 4.69) is 26.0 Å². The quantitative estimate of drug-likeness (QED) is 0.0744. The van der Waals surface area contributed by atoms with Gasteiger partial charge in [0.1, 0.15) is 0 Å². The molecule has 0 saturated heterocycles. The summed E-state index contributed by atoms with van der Waals surface area (Å²) in [6.45, 7) is 5.16. The van der Waals surface area contributed by atoms with E-state index in [9.17, 15) is 4.79 Å². The first-order valence-corrected chi connectivity index (χ1v) is 14.6. The Morgan fingerprint density at radius 2 is 0.875 bits per heavy atom. The van der Waals surface area contributed by atoms with Crippen molar-refractivity contribution < 1.29 is 9.53 Å². The van der Waals surface area contributed by atoms with E-state index >= 15 is 0 Å². The maximum atomic E-state index is 11.8. The molecule has 0 N–H and O–H groups in total. The van der Waals surface area contributed by atoms with Crippen molar-refractivity contribution in [2.24, 2.45) is 0 Å². The average molecular weight is 451 g/mol. The third-order valence-electron chi connectivity index (χ3n) is 6.40. The predicted octanol–water partition coefficient (Wildman–Crippen LogP) is 10.5. The Labute approximate surface area is 202 Å². The first-order chi connectivity index (χ1) is 15.8. The Morgan fingerprint density at radius 1 is 0.500 bits per heavy atom. The summed E-state index contributed by atoms with van der Waals surface area (Å²) in [6, 6.07) is 0. The van der Waals surface area contributed by atoms with Crippen LogP contribution in [-0.2, 0) is 9.53 Å². The van der Waals surface area contributed by atoms with Crippen molar-refractivity contribution in [1.82, 2.24) is 0 Å². The van der Waals surface area contributed by atoms with Crippen LogP contribution in [0.1, 0.15) is 168 Å². The molecule has 0 aromatic rings. The fourth-order valence-corrected chi connectivity index (χ4v) is 4.19. The van der Waals surface area contributed by atoms with E-state index in [4.69, 9.17) is 4.74 Å². The van der Waals surface area contributed by atoms with Crippen LogP contribution in [-0.4, -0.2) is 12.6 Å². The molecule has 0 aromatic heterocycles. The van der Waals surface area contributed by atoms with Gasteiger partial charge in [-0.1, -0.05) is 135 Å². The molecule has 2 heteroatoms. The van der Waals surface area contributed by atoms with Crippen molar-refractivity contribution in [3.63, 3.8) is 0 Å². The molecule has 0 aliphatic rings. The Kier molecular flexibility index (Phi) is 27.5. The van der Waals surface area contributed by atoms with Gasteiger partial charge in [-0.25, -0.2) is 0 Å². The van der Waals surface area contributed by atoms with Crippen LogP contribution in [0.25, 0.3) is 0 Å². The first kappa shape index (κ1) is 31.2. The highest BCUT2D eigenvalue weighted by Crippen LogP contribution is 2.12. The van der Waals surface area contributed by atoms with Crippen LogP contribution in [0.2, 0.25) is 0 Å². The fraction of sp³-hybridized carbons (Fsp3) is 0.900. The maximum Gasteiger partial charge on any atom is 0.305 e.